The van der Waals surface area contributed by atoms with Gasteiger partial charge in [0.05, 0.1) is 18.4 Å². The van der Waals surface area contributed by atoms with E-state index in [1.54, 1.807) is 24.3 Å². The Labute approximate surface area is 180 Å². The fourth-order valence-electron chi connectivity index (χ4n) is 3.17. The maximum atomic E-state index is 14.7. The summed E-state index contributed by atoms with van der Waals surface area (Å²) in [7, 11) is 0. The molecule has 0 radical (unpaired) electrons. The van der Waals surface area contributed by atoms with Gasteiger partial charge >= 0.3 is 0 Å². The number of nitrogens with two attached hydrogens (primary N) is 1. The Morgan fingerprint density at radius 1 is 1.19 bits per heavy atom. The molecule has 3 aromatic heterocycles. The first-order chi connectivity index (χ1) is 15.4. The molecule has 2 N–H and O–H groups in total. The predicted octanol–water partition coefficient (Wildman–Crippen LogP) is 2.92. The van der Waals surface area contributed by atoms with E-state index in [-0.39, 0.29) is 29.6 Å². The van der Waals surface area contributed by atoms with Crippen molar-refractivity contribution in [3.8, 4) is 35.1 Å². The number of aromatic nitrogens is 7. The standard InChI is InChI=1S/C21H17F3N8/c1-3-13-5-4-6-15(12(13)2)21-26-19(18(24)20(25)27-21)16-10-32(30-28-16)9-14-7-8-31(29-14)11-17(22)23/h1,4-8,10,17H,9,11H2,2H3,(H2,25,26,27). The van der Waals surface area contributed by atoms with Crippen LogP contribution in [0.4, 0.5) is 19.0 Å². The van der Waals surface area contributed by atoms with E-state index in [4.69, 9.17) is 12.2 Å². The van der Waals surface area contributed by atoms with Gasteiger partial charge in [0, 0.05) is 17.3 Å². The van der Waals surface area contributed by atoms with Crippen LogP contribution in [0.3, 0.4) is 0 Å². The topological polar surface area (TPSA) is 100 Å². The minimum Gasteiger partial charge on any atom is -0.381 e. The van der Waals surface area contributed by atoms with Crippen LogP contribution in [-0.2, 0) is 13.1 Å². The van der Waals surface area contributed by atoms with Crippen molar-refractivity contribution >= 4 is 5.82 Å². The highest BCUT2D eigenvalue weighted by atomic mass is 19.3. The van der Waals surface area contributed by atoms with E-state index in [2.05, 4.69) is 31.3 Å². The largest absolute Gasteiger partial charge is 0.381 e. The Balaban J connectivity index is 1.66. The van der Waals surface area contributed by atoms with Crippen LogP contribution in [0.2, 0.25) is 0 Å². The summed E-state index contributed by atoms with van der Waals surface area (Å²) in [4.78, 5) is 8.37. The molecule has 4 rings (SSSR count). The van der Waals surface area contributed by atoms with Gasteiger partial charge in [0.25, 0.3) is 6.43 Å². The maximum absolute atomic E-state index is 14.7. The molecule has 0 aliphatic carbocycles. The summed E-state index contributed by atoms with van der Waals surface area (Å²) in [5.41, 5.74) is 8.34. The number of halogens is 3. The van der Waals surface area contributed by atoms with E-state index in [9.17, 15) is 13.2 Å². The van der Waals surface area contributed by atoms with Gasteiger partial charge in [-0.15, -0.1) is 11.5 Å². The summed E-state index contributed by atoms with van der Waals surface area (Å²) < 4.78 is 42.2. The number of rotatable bonds is 6. The van der Waals surface area contributed by atoms with Crippen LogP contribution in [0.15, 0.2) is 36.7 Å². The summed E-state index contributed by atoms with van der Waals surface area (Å²) in [5, 5.41) is 12.0. The molecule has 0 spiro atoms. The van der Waals surface area contributed by atoms with E-state index in [0.717, 1.165) is 10.2 Å². The Hall–Kier alpha value is -4.20. The minimum atomic E-state index is -2.51. The molecule has 0 saturated carbocycles. The van der Waals surface area contributed by atoms with Gasteiger partial charge in [-0.3, -0.25) is 4.68 Å². The van der Waals surface area contributed by atoms with E-state index < -0.39 is 18.8 Å². The van der Waals surface area contributed by atoms with Crippen molar-refractivity contribution in [3.05, 3.63) is 59.3 Å². The van der Waals surface area contributed by atoms with Crippen molar-refractivity contribution in [2.75, 3.05) is 5.73 Å². The van der Waals surface area contributed by atoms with Crippen LogP contribution in [0.5, 0.6) is 0 Å². The number of nitrogens with zero attached hydrogens (tertiary/aromatic N) is 7. The molecule has 0 aliphatic rings. The molecule has 0 bridgehead atoms. The molecule has 162 valence electrons. The van der Waals surface area contributed by atoms with E-state index in [0.29, 0.717) is 16.8 Å². The van der Waals surface area contributed by atoms with Crippen LogP contribution in [0.1, 0.15) is 16.8 Å². The van der Waals surface area contributed by atoms with Crippen molar-refractivity contribution in [1.29, 1.82) is 0 Å². The number of terminal acetylenes is 1. The van der Waals surface area contributed by atoms with E-state index in [1.165, 1.54) is 17.1 Å². The third-order valence-electron chi connectivity index (χ3n) is 4.73. The molecule has 0 amide bonds. The monoisotopic (exact) mass is 438 g/mol. The third kappa shape index (κ3) is 4.15. The van der Waals surface area contributed by atoms with Gasteiger partial charge in [0.15, 0.2) is 17.5 Å². The normalized spacial score (nSPS) is 11.1. The van der Waals surface area contributed by atoms with Crippen molar-refractivity contribution in [2.24, 2.45) is 0 Å². The van der Waals surface area contributed by atoms with Gasteiger partial charge in [-0.25, -0.2) is 27.8 Å². The van der Waals surface area contributed by atoms with Gasteiger partial charge in [0.1, 0.15) is 17.9 Å². The molecule has 4 aromatic rings. The minimum absolute atomic E-state index is 0.118. The second-order valence-electron chi connectivity index (χ2n) is 6.94. The zero-order valence-corrected chi connectivity index (χ0v) is 16.9. The third-order valence-corrected chi connectivity index (χ3v) is 4.73. The van der Waals surface area contributed by atoms with Gasteiger partial charge in [-0.2, -0.15) is 5.10 Å². The molecular weight excluding hydrogens is 421 g/mol. The summed E-state index contributed by atoms with van der Waals surface area (Å²) in [5.74, 6) is 1.62. The molecule has 0 unspecified atom stereocenters. The molecule has 3 heterocycles. The van der Waals surface area contributed by atoms with Crippen LogP contribution in [0.25, 0.3) is 22.8 Å². The van der Waals surface area contributed by atoms with Gasteiger partial charge in [-0.1, -0.05) is 23.3 Å². The molecular formula is C21H17F3N8. The van der Waals surface area contributed by atoms with Gasteiger partial charge in [-0.05, 0) is 24.6 Å². The van der Waals surface area contributed by atoms with Crippen molar-refractivity contribution in [2.45, 2.75) is 26.4 Å². The highest BCUT2D eigenvalue weighted by Gasteiger charge is 2.19. The number of hydrogen-bond donors (Lipinski definition) is 1. The van der Waals surface area contributed by atoms with Crippen molar-refractivity contribution in [3.63, 3.8) is 0 Å². The summed E-state index contributed by atoms with van der Waals surface area (Å²) in [6, 6.07) is 6.88. The number of nitrogen functional groups attached to an aromatic ring is 1. The molecule has 0 aliphatic heterocycles. The lowest BCUT2D eigenvalue weighted by molar-refractivity contribution is 0.121. The zero-order valence-electron chi connectivity index (χ0n) is 16.9. The fraction of sp³-hybridized carbons (Fsp3) is 0.190. The van der Waals surface area contributed by atoms with Gasteiger partial charge < -0.3 is 5.73 Å². The van der Waals surface area contributed by atoms with Crippen LogP contribution in [-0.4, -0.2) is 41.2 Å². The number of anilines is 1. The first-order valence-corrected chi connectivity index (χ1v) is 9.46. The maximum Gasteiger partial charge on any atom is 0.257 e. The Morgan fingerprint density at radius 2 is 2.00 bits per heavy atom. The lowest BCUT2D eigenvalue weighted by Gasteiger charge is -2.09. The molecule has 32 heavy (non-hydrogen) atoms. The number of hydrogen-bond acceptors (Lipinski definition) is 6. The van der Waals surface area contributed by atoms with Crippen LogP contribution < -0.4 is 5.73 Å². The SMILES string of the molecule is C#Cc1cccc(-c2nc(N)c(F)c(-c3cn(Cc4ccn(CC(F)F)n4)nn3)n2)c1C. The van der Waals surface area contributed by atoms with Gasteiger partial charge in [0.2, 0.25) is 0 Å². The lowest BCUT2D eigenvalue weighted by Crippen LogP contribution is -2.08. The highest BCUT2D eigenvalue weighted by Crippen LogP contribution is 2.28. The molecule has 0 atom stereocenters. The Bertz CT molecular complexity index is 1320. The zero-order chi connectivity index (χ0) is 22.8. The number of benzene rings is 1. The highest BCUT2D eigenvalue weighted by molar-refractivity contribution is 5.69. The second-order valence-corrected chi connectivity index (χ2v) is 6.94. The quantitative estimate of drug-likeness (QED) is 0.465. The summed E-state index contributed by atoms with van der Waals surface area (Å²) >= 11 is 0. The average Bonchev–Trinajstić information content (AvgIpc) is 3.39. The Kier molecular flexibility index (Phi) is 5.59. The molecule has 0 fully saturated rings. The van der Waals surface area contributed by atoms with Crippen molar-refractivity contribution in [1.82, 2.24) is 34.7 Å². The number of alkyl halides is 2. The molecule has 1 aromatic carbocycles. The predicted molar refractivity (Wildman–Crippen MR) is 111 cm³/mol. The lowest BCUT2D eigenvalue weighted by atomic mass is 10.0. The first kappa shape index (κ1) is 21.0. The molecule has 8 nitrogen and oxygen atoms in total. The summed E-state index contributed by atoms with van der Waals surface area (Å²) in [6.45, 7) is 1.47. The van der Waals surface area contributed by atoms with Crippen LogP contribution >= 0.6 is 0 Å². The molecule has 11 heteroatoms. The average molecular weight is 438 g/mol. The molecule has 0 saturated heterocycles. The smallest absolute Gasteiger partial charge is 0.257 e. The van der Waals surface area contributed by atoms with Crippen molar-refractivity contribution < 1.29 is 13.2 Å². The van der Waals surface area contributed by atoms with E-state index >= 15 is 0 Å². The summed E-state index contributed by atoms with van der Waals surface area (Å²) in [6.07, 6.45) is 5.93. The van der Waals surface area contributed by atoms with E-state index in [1.807, 2.05) is 6.92 Å². The Morgan fingerprint density at radius 3 is 2.75 bits per heavy atom. The second kappa shape index (κ2) is 8.50. The first-order valence-electron chi connectivity index (χ1n) is 9.46. The fourth-order valence-corrected chi connectivity index (χ4v) is 3.17. The van der Waals surface area contributed by atoms with Crippen LogP contribution in [0, 0.1) is 25.1 Å².